The molecule has 0 N–H and O–H groups in total. The zero-order valence-corrected chi connectivity index (χ0v) is 8.99. The first-order chi connectivity index (χ1) is 7.24. The van der Waals surface area contributed by atoms with Crippen molar-refractivity contribution in [3.63, 3.8) is 0 Å². The molecular weight excluding hydrogens is 192 g/mol. The highest BCUT2D eigenvalue weighted by atomic mass is 16.5. The molecule has 0 unspecified atom stereocenters. The number of nitrogens with zero attached hydrogens (tertiary/aromatic N) is 2. The summed E-state index contributed by atoms with van der Waals surface area (Å²) in [6.07, 6.45) is 6.52. The number of rotatable bonds is 3. The summed E-state index contributed by atoms with van der Waals surface area (Å²) in [6, 6.07) is 0. The van der Waals surface area contributed by atoms with Gasteiger partial charge >= 0.3 is 0 Å². The van der Waals surface area contributed by atoms with E-state index in [0.717, 1.165) is 24.8 Å². The number of ether oxygens (including phenoxy) is 1. The Morgan fingerprint density at radius 3 is 3.00 bits per heavy atom. The predicted molar refractivity (Wildman–Crippen MR) is 56.0 cm³/mol. The predicted octanol–water partition coefficient (Wildman–Crippen LogP) is 1.72. The van der Waals surface area contributed by atoms with Crippen LogP contribution in [0.4, 0.5) is 0 Å². The number of allylic oxidation sites excluding steroid dienone is 2. The SMILES string of the molecule is COc1cnn(C)c1C(=O)C1=CCCC1. The molecule has 0 saturated heterocycles. The molecule has 4 heteroatoms. The van der Waals surface area contributed by atoms with Crippen molar-refractivity contribution in [3.8, 4) is 5.75 Å². The van der Waals surface area contributed by atoms with Gasteiger partial charge in [-0.15, -0.1) is 0 Å². The molecule has 0 bridgehead atoms. The van der Waals surface area contributed by atoms with Gasteiger partial charge in [-0.05, 0) is 24.8 Å². The number of hydrogen-bond acceptors (Lipinski definition) is 3. The lowest BCUT2D eigenvalue weighted by Gasteiger charge is -2.04. The van der Waals surface area contributed by atoms with E-state index in [1.807, 2.05) is 6.08 Å². The lowest BCUT2D eigenvalue weighted by atomic mass is 10.1. The van der Waals surface area contributed by atoms with E-state index in [1.54, 1.807) is 25.0 Å². The van der Waals surface area contributed by atoms with Crippen molar-refractivity contribution < 1.29 is 9.53 Å². The number of methoxy groups -OCH3 is 1. The number of ketones is 1. The second-order valence-electron chi connectivity index (χ2n) is 3.64. The Morgan fingerprint density at radius 1 is 1.60 bits per heavy atom. The fourth-order valence-electron chi connectivity index (χ4n) is 1.85. The molecule has 0 atom stereocenters. The van der Waals surface area contributed by atoms with Crippen molar-refractivity contribution in [2.45, 2.75) is 19.3 Å². The van der Waals surface area contributed by atoms with Crippen LogP contribution in [0.15, 0.2) is 17.8 Å². The van der Waals surface area contributed by atoms with Gasteiger partial charge in [0.2, 0.25) is 5.78 Å². The van der Waals surface area contributed by atoms with Crippen molar-refractivity contribution >= 4 is 5.78 Å². The van der Waals surface area contributed by atoms with Crippen LogP contribution in [0.1, 0.15) is 29.8 Å². The zero-order chi connectivity index (χ0) is 10.8. The van der Waals surface area contributed by atoms with Crippen molar-refractivity contribution in [3.05, 3.63) is 23.5 Å². The molecule has 2 rings (SSSR count). The summed E-state index contributed by atoms with van der Waals surface area (Å²) >= 11 is 0. The van der Waals surface area contributed by atoms with Crippen molar-refractivity contribution in [2.24, 2.45) is 7.05 Å². The third kappa shape index (κ3) is 1.67. The number of hydrogen-bond donors (Lipinski definition) is 0. The molecule has 1 aliphatic carbocycles. The second-order valence-corrected chi connectivity index (χ2v) is 3.64. The molecule has 1 aromatic heterocycles. The number of carbonyl (C=O) groups excluding carboxylic acids is 1. The first kappa shape index (κ1) is 9.96. The van der Waals surface area contributed by atoms with Crippen LogP contribution in [0.2, 0.25) is 0 Å². The van der Waals surface area contributed by atoms with Crippen LogP contribution in [-0.2, 0) is 7.05 Å². The molecule has 0 spiro atoms. The normalized spacial score (nSPS) is 15.2. The largest absolute Gasteiger partial charge is 0.493 e. The van der Waals surface area contributed by atoms with Crippen LogP contribution in [-0.4, -0.2) is 22.7 Å². The maximum absolute atomic E-state index is 12.1. The van der Waals surface area contributed by atoms with Gasteiger partial charge in [-0.1, -0.05) is 6.08 Å². The fraction of sp³-hybridized carbons (Fsp3) is 0.455. The minimum absolute atomic E-state index is 0.0457. The monoisotopic (exact) mass is 206 g/mol. The number of carbonyl (C=O) groups is 1. The van der Waals surface area contributed by atoms with E-state index in [4.69, 9.17) is 4.74 Å². The third-order valence-corrected chi connectivity index (χ3v) is 2.67. The van der Waals surface area contributed by atoms with Gasteiger partial charge < -0.3 is 4.74 Å². The first-order valence-electron chi connectivity index (χ1n) is 5.03. The molecule has 0 fully saturated rings. The van der Waals surface area contributed by atoms with Gasteiger partial charge in [0.15, 0.2) is 11.4 Å². The summed E-state index contributed by atoms with van der Waals surface area (Å²) in [6.45, 7) is 0. The molecule has 0 aromatic carbocycles. The average molecular weight is 206 g/mol. The summed E-state index contributed by atoms with van der Waals surface area (Å²) in [5.74, 6) is 0.597. The lowest BCUT2D eigenvalue weighted by molar-refractivity contribution is 0.102. The molecule has 1 aromatic rings. The molecule has 1 heterocycles. The van der Waals surface area contributed by atoms with Crippen molar-refractivity contribution in [1.82, 2.24) is 9.78 Å². The average Bonchev–Trinajstić information content (AvgIpc) is 2.85. The Balaban J connectivity index is 2.35. The van der Waals surface area contributed by atoms with E-state index in [1.165, 1.54) is 0 Å². The fourth-order valence-corrected chi connectivity index (χ4v) is 1.85. The van der Waals surface area contributed by atoms with Crippen LogP contribution < -0.4 is 4.74 Å². The third-order valence-electron chi connectivity index (χ3n) is 2.67. The van der Waals surface area contributed by atoms with Gasteiger partial charge in [0, 0.05) is 7.05 Å². The standard InChI is InChI=1S/C11H14N2O2/c1-13-10(9(15-2)7-12-13)11(14)8-5-3-4-6-8/h5,7H,3-4,6H2,1-2H3. The molecule has 0 saturated carbocycles. The first-order valence-corrected chi connectivity index (χ1v) is 5.03. The highest BCUT2D eigenvalue weighted by molar-refractivity contribution is 6.09. The van der Waals surface area contributed by atoms with E-state index in [2.05, 4.69) is 5.10 Å². The zero-order valence-electron chi connectivity index (χ0n) is 8.99. The van der Waals surface area contributed by atoms with Gasteiger partial charge in [0.25, 0.3) is 0 Å². The summed E-state index contributed by atoms with van der Waals surface area (Å²) in [7, 11) is 3.31. The molecular formula is C11H14N2O2. The Hall–Kier alpha value is -1.58. The second kappa shape index (κ2) is 3.88. The Morgan fingerprint density at radius 2 is 2.40 bits per heavy atom. The molecule has 80 valence electrons. The Kier molecular flexibility index (Phi) is 2.58. The highest BCUT2D eigenvalue weighted by Gasteiger charge is 2.22. The van der Waals surface area contributed by atoms with E-state index in [9.17, 15) is 4.79 Å². The quantitative estimate of drug-likeness (QED) is 0.707. The summed E-state index contributed by atoms with van der Waals surface area (Å²) in [5, 5.41) is 4.02. The van der Waals surface area contributed by atoms with E-state index >= 15 is 0 Å². The Bertz CT molecular complexity index is 418. The van der Waals surface area contributed by atoms with Crippen LogP contribution in [0.25, 0.3) is 0 Å². The summed E-state index contributed by atoms with van der Waals surface area (Å²) in [5.41, 5.74) is 1.43. The number of aryl methyl sites for hydroxylation is 1. The van der Waals surface area contributed by atoms with Crippen molar-refractivity contribution in [1.29, 1.82) is 0 Å². The minimum Gasteiger partial charge on any atom is -0.493 e. The summed E-state index contributed by atoms with van der Waals surface area (Å²) < 4.78 is 6.69. The lowest BCUT2D eigenvalue weighted by Crippen LogP contribution is -2.09. The van der Waals surface area contributed by atoms with Crippen LogP contribution >= 0.6 is 0 Å². The molecule has 15 heavy (non-hydrogen) atoms. The highest BCUT2D eigenvalue weighted by Crippen LogP contribution is 2.26. The molecule has 0 amide bonds. The summed E-state index contributed by atoms with van der Waals surface area (Å²) in [4.78, 5) is 12.1. The minimum atomic E-state index is 0.0457. The van der Waals surface area contributed by atoms with Crippen LogP contribution in [0, 0.1) is 0 Å². The maximum Gasteiger partial charge on any atom is 0.210 e. The smallest absolute Gasteiger partial charge is 0.210 e. The van der Waals surface area contributed by atoms with Gasteiger partial charge in [-0.25, -0.2) is 0 Å². The van der Waals surface area contributed by atoms with Gasteiger partial charge in [0.05, 0.1) is 13.3 Å². The van der Waals surface area contributed by atoms with Gasteiger partial charge in [-0.2, -0.15) is 5.10 Å². The topological polar surface area (TPSA) is 44.1 Å². The number of aromatic nitrogens is 2. The van der Waals surface area contributed by atoms with Crippen LogP contribution in [0.5, 0.6) is 5.75 Å². The van der Waals surface area contributed by atoms with Crippen molar-refractivity contribution in [2.75, 3.05) is 7.11 Å². The van der Waals surface area contributed by atoms with E-state index < -0.39 is 0 Å². The van der Waals surface area contributed by atoms with E-state index in [0.29, 0.717) is 11.4 Å². The Labute approximate surface area is 88.5 Å². The molecule has 1 aliphatic rings. The van der Waals surface area contributed by atoms with E-state index in [-0.39, 0.29) is 5.78 Å². The molecule has 0 aliphatic heterocycles. The molecule has 0 radical (unpaired) electrons. The maximum atomic E-state index is 12.1. The molecule has 4 nitrogen and oxygen atoms in total. The van der Waals surface area contributed by atoms with Gasteiger partial charge in [0.1, 0.15) is 0 Å². The number of Topliss-reactive ketones (excluding diaryl/α,β-unsaturated/α-hetero) is 1. The van der Waals surface area contributed by atoms with Gasteiger partial charge in [-0.3, -0.25) is 9.48 Å². The van der Waals surface area contributed by atoms with Crippen LogP contribution in [0.3, 0.4) is 0 Å².